The van der Waals surface area contributed by atoms with E-state index >= 15 is 0 Å². The number of hydrogen-bond donors (Lipinski definition) is 3. The van der Waals surface area contributed by atoms with Crippen LogP contribution >= 0.6 is 11.8 Å². The van der Waals surface area contributed by atoms with Crippen LogP contribution in [0.1, 0.15) is 0 Å². The monoisotopic (exact) mass is 132 g/mol. The Balaban J connectivity index is 2.44. The smallest absolute Gasteiger partial charge is 0.103 e. The maximum atomic E-state index is 5.27. The second-order valence-corrected chi connectivity index (χ2v) is 2.19. The molecule has 1 aliphatic heterocycles. The summed E-state index contributed by atoms with van der Waals surface area (Å²) in [5, 5.41) is 2.39. The molecule has 0 radical (unpaired) electrons. The molecule has 4 nitrogen and oxygen atoms in total. The van der Waals surface area contributed by atoms with E-state index in [9.17, 15) is 0 Å². The highest BCUT2D eigenvalue weighted by Crippen LogP contribution is 2.08. The predicted molar refractivity (Wildman–Crippen MR) is 33.9 cm³/mol. The molecule has 46 valence electrons. The van der Waals surface area contributed by atoms with Gasteiger partial charge in [-0.3, -0.25) is 5.43 Å². The Hall–Kier alpha value is -0.390. The molecular formula is C3H8N4S. The van der Waals surface area contributed by atoms with Gasteiger partial charge in [0.25, 0.3) is 0 Å². The van der Waals surface area contributed by atoms with E-state index in [2.05, 4.69) is 11.0 Å². The molecule has 0 aromatic rings. The van der Waals surface area contributed by atoms with Crippen molar-refractivity contribution in [2.24, 2.45) is 5.84 Å². The first kappa shape index (κ1) is 5.74. The van der Waals surface area contributed by atoms with Crippen molar-refractivity contribution in [3.63, 3.8) is 0 Å². The topological polar surface area (TPSA) is 53.3 Å². The Kier molecular flexibility index (Phi) is 1.62. The molecule has 4 N–H and O–H groups in total. The summed E-state index contributed by atoms with van der Waals surface area (Å²) in [6.07, 6.45) is 3.74. The molecule has 1 rings (SSSR count). The highest BCUT2D eigenvalue weighted by Gasteiger charge is 2.03. The lowest BCUT2D eigenvalue weighted by Crippen LogP contribution is -2.40. The fourth-order valence-corrected chi connectivity index (χ4v) is 0.781. The van der Waals surface area contributed by atoms with Crippen LogP contribution in [0.4, 0.5) is 0 Å². The predicted octanol–water partition coefficient (Wildman–Crippen LogP) is -0.653. The molecule has 1 aliphatic rings. The van der Waals surface area contributed by atoms with E-state index in [4.69, 9.17) is 5.84 Å². The SMILES string of the molecule is CSC1=CN(N)NN1. The van der Waals surface area contributed by atoms with Gasteiger partial charge >= 0.3 is 0 Å². The molecule has 0 saturated heterocycles. The standard InChI is InChI=1S/C3H8N4S/c1-8-3-2-7(4)6-5-3/h2,5-6H,4H2,1H3. The van der Waals surface area contributed by atoms with Gasteiger partial charge in [-0.1, -0.05) is 0 Å². The van der Waals surface area contributed by atoms with Gasteiger partial charge in [0.15, 0.2) is 0 Å². The molecule has 0 atom stereocenters. The fourth-order valence-electron chi connectivity index (χ4n) is 0.414. The van der Waals surface area contributed by atoms with Crippen LogP contribution in [0.5, 0.6) is 0 Å². The molecule has 5 heteroatoms. The van der Waals surface area contributed by atoms with Crippen LogP contribution in [-0.2, 0) is 0 Å². The number of nitrogens with one attached hydrogen (secondary N) is 2. The Morgan fingerprint density at radius 3 is 2.88 bits per heavy atom. The van der Waals surface area contributed by atoms with Gasteiger partial charge in [0, 0.05) is 0 Å². The summed E-state index contributed by atoms with van der Waals surface area (Å²) in [7, 11) is 0. The van der Waals surface area contributed by atoms with Gasteiger partial charge in [-0.25, -0.2) is 11.0 Å². The van der Waals surface area contributed by atoms with Gasteiger partial charge in [-0.2, -0.15) is 0 Å². The Labute approximate surface area is 52.0 Å². The first-order chi connectivity index (χ1) is 3.83. The zero-order valence-corrected chi connectivity index (χ0v) is 5.33. The number of hydrazine groups is 3. The van der Waals surface area contributed by atoms with Crippen LogP contribution in [0.15, 0.2) is 11.2 Å². The van der Waals surface area contributed by atoms with E-state index in [-0.39, 0.29) is 0 Å². The Morgan fingerprint density at radius 2 is 2.62 bits per heavy atom. The minimum absolute atomic E-state index is 1.02. The van der Waals surface area contributed by atoms with Crippen molar-refractivity contribution in [1.29, 1.82) is 0 Å². The van der Waals surface area contributed by atoms with E-state index in [1.54, 1.807) is 18.0 Å². The van der Waals surface area contributed by atoms with E-state index in [0.29, 0.717) is 0 Å². The lowest BCUT2D eigenvalue weighted by molar-refractivity contribution is 0.281. The van der Waals surface area contributed by atoms with Gasteiger partial charge in [0.05, 0.1) is 6.20 Å². The third-order valence-electron chi connectivity index (χ3n) is 0.784. The van der Waals surface area contributed by atoms with Crippen molar-refractivity contribution in [2.75, 3.05) is 6.26 Å². The summed E-state index contributed by atoms with van der Waals surface area (Å²) in [5.74, 6) is 5.27. The first-order valence-electron chi connectivity index (χ1n) is 2.14. The fraction of sp³-hybridized carbons (Fsp3) is 0.333. The minimum Gasteiger partial charge on any atom is -0.295 e. The quantitative estimate of drug-likeness (QED) is 0.414. The summed E-state index contributed by atoms with van der Waals surface area (Å²) in [6, 6.07) is 0. The maximum absolute atomic E-state index is 5.27. The molecule has 0 unspecified atom stereocenters. The molecule has 0 spiro atoms. The molecule has 1 heterocycles. The van der Waals surface area contributed by atoms with Gasteiger partial charge in [-0.05, 0) is 6.26 Å². The molecule has 0 amide bonds. The molecule has 8 heavy (non-hydrogen) atoms. The van der Waals surface area contributed by atoms with E-state index in [1.807, 2.05) is 6.26 Å². The van der Waals surface area contributed by atoms with Crippen LogP contribution in [-0.4, -0.2) is 11.4 Å². The highest BCUT2D eigenvalue weighted by atomic mass is 32.2. The average Bonchev–Trinajstić information content (AvgIpc) is 2.14. The van der Waals surface area contributed by atoms with Crippen molar-refractivity contribution < 1.29 is 0 Å². The summed E-state index contributed by atoms with van der Waals surface area (Å²) in [4.78, 5) is 0. The van der Waals surface area contributed by atoms with E-state index < -0.39 is 0 Å². The number of nitrogens with zero attached hydrogens (tertiary/aromatic N) is 1. The average molecular weight is 132 g/mol. The second kappa shape index (κ2) is 2.25. The van der Waals surface area contributed by atoms with Crippen LogP contribution in [0.25, 0.3) is 0 Å². The third-order valence-corrected chi connectivity index (χ3v) is 1.43. The van der Waals surface area contributed by atoms with Crippen LogP contribution in [0, 0.1) is 0 Å². The Morgan fingerprint density at radius 1 is 1.88 bits per heavy atom. The molecule has 0 bridgehead atoms. The van der Waals surface area contributed by atoms with Gasteiger partial charge in [0.2, 0.25) is 0 Å². The highest BCUT2D eigenvalue weighted by molar-refractivity contribution is 8.02. The summed E-state index contributed by atoms with van der Waals surface area (Å²) in [6.45, 7) is 0. The van der Waals surface area contributed by atoms with E-state index in [0.717, 1.165) is 5.03 Å². The first-order valence-corrected chi connectivity index (χ1v) is 3.37. The van der Waals surface area contributed by atoms with E-state index in [1.165, 1.54) is 5.12 Å². The molecule has 0 saturated carbocycles. The zero-order chi connectivity index (χ0) is 5.98. The maximum Gasteiger partial charge on any atom is 0.103 e. The van der Waals surface area contributed by atoms with Crippen molar-refractivity contribution in [3.8, 4) is 0 Å². The summed E-state index contributed by atoms with van der Waals surface area (Å²) >= 11 is 1.60. The number of nitrogens with two attached hydrogens (primary N) is 1. The number of hydrogen-bond acceptors (Lipinski definition) is 5. The minimum atomic E-state index is 1.02. The second-order valence-electron chi connectivity index (χ2n) is 1.34. The number of rotatable bonds is 1. The van der Waals surface area contributed by atoms with Crippen molar-refractivity contribution in [1.82, 2.24) is 16.1 Å². The van der Waals surface area contributed by atoms with Gasteiger partial charge < -0.3 is 0 Å². The van der Waals surface area contributed by atoms with Crippen LogP contribution in [0.2, 0.25) is 0 Å². The Bertz CT molecular complexity index is 112. The van der Waals surface area contributed by atoms with Crippen LogP contribution < -0.4 is 16.8 Å². The van der Waals surface area contributed by atoms with Crippen molar-refractivity contribution in [3.05, 3.63) is 11.2 Å². The molecule has 0 aromatic carbocycles. The molecular weight excluding hydrogens is 124 g/mol. The van der Waals surface area contributed by atoms with Crippen molar-refractivity contribution in [2.45, 2.75) is 0 Å². The summed E-state index contributed by atoms with van der Waals surface area (Å²) < 4.78 is 0. The van der Waals surface area contributed by atoms with Gasteiger partial charge in [0.1, 0.15) is 5.03 Å². The lowest BCUT2D eigenvalue weighted by atomic mass is 10.9. The largest absolute Gasteiger partial charge is 0.295 e. The van der Waals surface area contributed by atoms with Crippen molar-refractivity contribution >= 4 is 11.8 Å². The molecule has 0 fully saturated rings. The third kappa shape index (κ3) is 1.06. The van der Waals surface area contributed by atoms with Crippen LogP contribution in [0.3, 0.4) is 0 Å². The molecule has 0 aliphatic carbocycles. The lowest BCUT2D eigenvalue weighted by Gasteiger charge is -2.04. The normalized spacial score (nSPS) is 18.2. The summed E-state index contributed by atoms with van der Waals surface area (Å²) in [5.41, 5.74) is 5.50. The zero-order valence-electron chi connectivity index (χ0n) is 4.51. The van der Waals surface area contributed by atoms with Gasteiger partial charge in [-0.15, -0.1) is 17.3 Å². The molecule has 0 aromatic heterocycles. The number of thioether (sulfide) groups is 1.